The molecule has 0 aromatic rings. The van der Waals surface area contributed by atoms with E-state index < -0.39 is 17.8 Å². The highest BCUT2D eigenvalue weighted by Crippen LogP contribution is 2.45. The summed E-state index contributed by atoms with van der Waals surface area (Å²) >= 11 is 0. The summed E-state index contributed by atoms with van der Waals surface area (Å²) in [5.41, 5.74) is 0. The molecule has 2 unspecified atom stereocenters. The number of hydrogen-bond donors (Lipinski definition) is 0. The van der Waals surface area contributed by atoms with Crippen LogP contribution >= 0.6 is 0 Å². The summed E-state index contributed by atoms with van der Waals surface area (Å²) < 4.78 is 36.5. The molecule has 12 heavy (non-hydrogen) atoms. The molecule has 2 atom stereocenters. The van der Waals surface area contributed by atoms with Gasteiger partial charge >= 0.3 is 0 Å². The first kappa shape index (κ1) is 8.38. The maximum absolute atomic E-state index is 13.0. The third kappa shape index (κ3) is 1.23. The van der Waals surface area contributed by atoms with Gasteiger partial charge in [0.2, 0.25) is 0 Å². The highest BCUT2D eigenvalue weighted by Gasteiger charge is 2.56. The van der Waals surface area contributed by atoms with Gasteiger partial charge in [-0.2, -0.15) is 0 Å². The van der Waals surface area contributed by atoms with Crippen LogP contribution in [0.4, 0.5) is 8.78 Å². The summed E-state index contributed by atoms with van der Waals surface area (Å²) in [6, 6.07) is 0. The average Bonchev–Trinajstić information content (AvgIpc) is 1.99. The lowest BCUT2D eigenvalue weighted by molar-refractivity contribution is -0.293. The molecule has 0 amide bonds. The molecule has 0 aromatic carbocycles. The van der Waals surface area contributed by atoms with Crippen LogP contribution in [0, 0.1) is 0 Å². The molecule has 1 saturated heterocycles. The smallest absolute Gasteiger partial charge is 0.276 e. The van der Waals surface area contributed by atoms with Crippen LogP contribution in [0.25, 0.3) is 0 Å². The van der Waals surface area contributed by atoms with E-state index in [0.717, 1.165) is 0 Å². The Hall–Kier alpha value is -0.220. The van der Waals surface area contributed by atoms with Gasteiger partial charge in [-0.1, -0.05) is 0 Å². The van der Waals surface area contributed by atoms with Crippen molar-refractivity contribution in [1.82, 2.24) is 0 Å². The molecule has 4 heteroatoms. The van der Waals surface area contributed by atoms with Crippen LogP contribution < -0.4 is 0 Å². The predicted molar refractivity (Wildman–Crippen MR) is 38.0 cm³/mol. The van der Waals surface area contributed by atoms with Crippen molar-refractivity contribution in [3.63, 3.8) is 0 Å². The molecule has 0 aromatic heterocycles. The van der Waals surface area contributed by atoms with Crippen LogP contribution in [0.1, 0.15) is 26.7 Å². The Balaban J connectivity index is 2.19. The van der Waals surface area contributed by atoms with E-state index in [9.17, 15) is 8.78 Å². The van der Waals surface area contributed by atoms with Crippen LogP contribution in [0.2, 0.25) is 0 Å². The van der Waals surface area contributed by atoms with Gasteiger partial charge in [0.05, 0.1) is 6.10 Å². The standard InChI is InChI=1S/C8H12F2O2/c1-7(2)11-5-3-6(12-7)8(9,10)4-5/h5-6H,3-4H2,1-2H3. The molecule has 1 aliphatic carbocycles. The number of fused-ring (bicyclic) bond motifs is 2. The fourth-order valence-corrected chi connectivity index (χ4v) is 1.93. The summed E-state index contributed by atoms with van der Waals surface area (Å²) in [4.78, 5) is 0. The summed E-state index contributed by atoms with van der Waals surface area (Å²) in [6.45, 7) is 3.35. The summed E-state index contributed by atoms with van der Waals surface area (Å²) in [5.74, 6) is -3.54. The van der Waals surface area contributed by atoms with Crippen molar-refractivity contribution in [2.75, 3.05) is 0 Å². The summed E-state index contributed by atoms with van der Waals surface area (Å²) in [5, 5.41) is 0. The van der Waals surface area contributed by atoms with Gasteiger partial charge in [-0.15, -0.1) is 0 Å². The van der Waals surface area contributed by atoms with Crippen molar-refractivity contribution in [2.45, 2.75) is 50.6 Å². The quantitative estimate of drug-likeness (QED) is 0.564. The predicted octanol–water partition coefficient (Wildman–Crippen LogP) is 1.94. The van der Waals surface area contributed by atoms with Crippen molar-refractivity contribution in [3.8, 4) is 0 Å². The minimum absolute atomic E-state index is 0.193. The van der Waals surface area contributed by atoms with Crippen molar-refractivity contribution < 1.29 is 18.3 Å². The fourth-order valence-electron chi connectivity index (χ4n) is 1.93. The molecule has 2 rings (SSSR count). The second kappa shape index (κ2) is 2.17. The van der Waals surface area contributed by atoms with Crippen molar-refractivity contribution in [1.29, 1.82) is 0 Å². The van der Waals surface area contributed by atoms with Crippen LogP contribution in [0.3, 0.4) is 0 Å². The zero-order valence-corrected chi connectivity index (χ0v) is 7.14. The molecular weight excluding hydrogens is 166 g/mol. The number of hydrogen-bond acceptors (Lipinski definition) is 2. The normalized spacial score (nSPS) is 43.0. The topological polar surface area (TPSA) is 18.5 Å². The first-order chi connectivity index (χ1) is 5.39. The Labute approximate surface area is 69.8 Å². The van der Waals surface area contributed by atoms with E-state index >= 15 is 0 Å². The summed E-state index contributed by atoms with van der Waals surface area (Å²) in [7, 11) is 0. The molecule has 2 bridgehead atoms. The Morgan fingerprint density at radius 1 is 1.25 bits per heavy atom. The van der Waals surface area contributed by atoms with E-state index in [1.807, 2.05) is 0 Å². The highest BCUT2D eigenvalue weighted by molar-refractivity contribution is 4.95. The van der Waals surface area contributed by atoms with Crippen molar-refractivity contribution in [2.24, 2.45) is 0 Å². The van der Waals surface area contributed by atoms with Gasteiger partial charge in [0, 0.05) is 12.8 Å². The first-order valence-corrected chi connectivity index (χ1v) is 4.12. The minimum Gasteiger partial charge on any atom is -0.347 e. The Kier molecular flexibility index (Phi) is 1.52. The third-order valence-electron chi connectivity index (χ3n) is 2.32. The zero-order valence-electron chi connectivity index (χ0n) is 7.14. The molecule has 1 saturated carbocycles. The van der Waals surface area contributed by atoms with Gasteiger partial charge in [-0.05, 0) is 13.8 Å². The third-order valence-corrected chi connectivity index (χ3v) is 2.32. The van der Waals surface area contributed by atoms with Gasteiger partial charge in [0.25, 0.3) is 5.92 Å². The molecule has 1 heterocycles. The van der Waals surface area contributed by atoms with Crippen LogP contribution in [0.15, 0.2) is 0 Å². The molecule has 2 fully saturated rings. The Bertz CT molecular complexity index is 201. The van der Waals surface area contributed by atoms with Crippen LogP contribution in [-0.4, -0.2) is 23.9 Å². The van der Waals surface area contributed by atoms with E-state index in [1.165, 1.54) is 0 Å². The van der Waals surface area contributed by atoms with Gasteiger partial charge < -0.3 is 9.47 Å². The average molecular weight is 178 g/mol. The Morgan fingerprint density at radius 2 is 1.92 bits per heavy atom. The number of ether oxygens (including phenoxy) is 2. The lowest BCUT2D eigenvalue weighted by atomic mass is 10.2. The number of halogens is 2. The first-order valence-electron chi connectivity index (χ1n) is 4.12. The van der Waals surface area contributed by atoms with E-state index in [2.05, 4.69) is 0 Å². The second-order valence-corrected chi connectivity index (χ2v) is 3.95. The maximum atomic E-state index is 13.0. The fraction of sp³-hybridized carbons (Fsp3) is 1.00. The van der Waals surface area contributed by atoms with Crippen molar-refractivity contribution >= 4 is 0 Å². The van der Waals surface area contributed by atoms with Crippen LogP contribution in [0.5, 0.6) is 0 Å². The van der Waals surface area contributed by atoms with Gasteiger partial charge in [0.1, 0.15) is 6.10 Å². The van der Waals surface area contributed by atoms with Gasteiger partial charge in [-0.3, -0.25) is 0 Å². The number of rotatable bonds is 0. The monoisotopic (exact) mass is 178 g/mol. The molecule has 2 aliphatic rings. The highest BCUT2D eigenvalue weighted by atomic mass is 19.3. The molecule has 0 spiro atoms. The second-order valence-electron chi connectivity index (χ2n) is 3.95. The molecule has 1 aliphatic heterocycles. The largest absolute Gasteiger partial charge is 0.347 e. The molecule has 2 nitrogen and oxygen atoms in total. The SMILES string of the molecule is CC1(C)OC2CC(O1)C(F)(F)C2. The molecular formula is C8H12F2O2. The Morgan fingerprint density at radius 3 is 2.50 bits per heavy atom. The van der Waals surface area contributed by atoms with Crippen molar-refractivity contribution in [3.05, 3.63) is 0 Å². The van der Waals surface area contributed by atoms with E-state index in [-0.39, 0.29) is 12.5 Å². The maximum Gasteiger partial charge on any atom is 0.276 e. The lowest BCUT2D eigenvalue weighted by Crippen LogP contribution is -2.42. The lowest BCUT2D eigenvalue weighted by Gasteiger charge is -2.35. The van der Waals surface area contributed by atoms with Gasteiger partial charge in [-0.25, -0.2) is 8.78 Å². The molecule has 0 radical (unpaired) electrons. The minimum atomic E-state index is -2.70. The van der Waals surface area contributed by atoms with Gasteiger partial charge in [0.15, 0.2) is 5.79 Å². The molecule has 70 valence electrons. The van der Waals surface area contributed by atoms with E-state index in [1.54, 1.807) is 13.8 Å². The van der Waals surface area contributed by atoms with Crippen LogP contribution in [-0.2, 0) is 9.47 Å². The zero-order chi connectivity index (χ0) is 8.98. The van der Waals surface area contributed by atoms with E-state index in [0.29, 0.717) is 6.42 Å². The van der Waals surface area contributed by atoms with E-state index in [4.69, 9.17) is 9.47 Å². The molecule has 0 N–H and O–H groups in total. The summed E-state index contributed by atoms with van der Waals surface area (Å²) in [6.07, 6.45) is -1.13. The number of alkyl halides is 2.